The molecule has 17 heavy (non-hydrogen) atoms. The van der Waals surface area contributed by atoms with Gasteiger partial charge in [-0.15, -0.1) is 0 Å². The van der Waals surface area contributed by atoms with Gasteiger partial charge in [-0.1, -0.05) is 18.2 Å². The van der Waals surface area contributed by atoms with Crippen molar-refractivity contribution in [1.29, 1.82) is 0 Å². The van der Waals surface area contributed by atoms with Crippen LogP contribution in [-0.2, 0) is 4.79 Å². The van der Waals surface area contributed by atoms with Crippen LogP contribution in [0.4, 0.5) is 5.69 Å². The molecule has 4 heteroatoms. The predicted octanol–water partition coefficient (Wildman–Crippen LogP) is 1.56. The van der Waals surface area contributed by atoms with E-state index in [1.165, 1.54) is 0 Å². The van der Waals surface area contributed by atoms with Crippen molar-refractivity contribution >= 4 is 11.6 Å². The number of nitrogens with two attached hydrogens (primary N) is 1. The lowest BCUT2D eigenvalue weighted by Gasteiger charge is -2.36. The summed E-state index contributed by atoms with van der Waals surface area (Å²) in [7, 11) is 0. The lowest BCUT2D eigenvalue weighted by molar-refractivity contribution is -0.123. The van der Waals surface area contributed by atoms with E-state index in [0.717, 1.165) is 19.3 Å². The molecular weight excluding hydrogens is 216 g/mol. The molecule has 0 radical (unpaired) electrons. The molecule has 0 saturated heterocycles. The third-order valence-corrected chi connectivity index (χ3v) is 3.36. The largest absolute Gasteiger partial charge is 0.389 e. The Morgan fingerprint density at radius 3 is 2.65 bits per heavy atom. The number of rotatable bonds is 3. The molecule has 1 aromatic rings. The Morgan fingerprint density at radius 2 is 2.12 bits per heavy atom. The highest BCUT2D eigenvalue weighted by molar-refractivity contribution is 5.99. The second kappa shape index (κ2) is 4.47. The number of para-hydroxylation sites is 1. The van der Waals surface area contributed by atoms with E-state index in [1.54, 1.807) is 19.1 Å². The highest BCUT2D eigenvalue weighted by Gasteiger charge is 2.40. The summed E-state index contributed by atoms with van der Waals surface area (Å²) in [5.41, 5.74) is 6.58. The Balaban J connectivity index is 2.16. The molecule has 1 amide bonds. The van der Waals surface area contributed by atoms with Gasteiger partial charge in [0.25, 0.3) is 0 Å². The first kappa shape index (κ1) is 12.1. The number of anilines is 1. The summed E-state index contributed by atoms with van der Waals surface area (Å²) >= 11 is 0. The van der Waals surface area contributed by atoms with E-state index in [-0.39, 0.29) is 5.91 Å². The first-order valence-corrected chi connectivity index (χ1v) is 5.90. The van der Waals surface area contributed by atoms with Crippen LogP contribution in [0.2, 0.25) is 0 Å². The zero-order valence-corrected chi connectivity index (χ0v) is 9.94. The van der Waals surface area contributed by atoms with E-state index >= 15 is 0 Å². The van der Waals surface area contributed by atoms with Crippen molar-refractivity contribution in [2.45, 2.75) is 37.8 Å². The molecule has 1 aliphatic carbocycles. The molecule has 0 aliphatic heterocycles. The molecule has 92 valence electrons. The van der Waals surface area contributed by atoms with Crippen LogP contribution < -0.4 is 11.1 Å². The number of nitrogens with one attached hydrogen (secondary N) is 1. The standard InChI is InChI=1S/C13H18N2O2/c1-9(16)10-5-2-3-6-11(10)15-12(17)13(14)7-4-8-13/h2-3,5-6,9,16H,4,7-8,14H2,1H3,(H,15,17). The SMILES string of the molecule is CC(O)c1ccccc1NC(=O)C1(N)CCC1. The average molecular weight is 234 g/mol. The van der Waals surface area contributed by atoms with E-state index in [1.807, 2.05) is 12.1 Å². The van der Waals surface area contributed by atoms with Crippen molar-refractivity contribution in [3.05, 3.63) is 29.8 Å². The second-order valence-corrected chi connectivity index (χ2v) is 4.73. The van der Waals surface area contributed by atoms with Gasteiger partial charge in [0.15, 0.2) is 0 Å². The van der Waals surface area contributed by atoms with E-state index in [4.69, 9.17) is 5.73 Å². The van der Waals surface area contributed by atoms with Gasteiger partial charge < -0.3 is 16.2 Å². The fourth-order valence-electron chi connectivity index (χ4n) is 2.01. The molecule has 4 nitrogen and oxygen atoms in total. The molecular formula is C13H18N2O2. The lowest BCUT2D eigenvalue weighted by Crippen LogP contribution is -2.56. The third kappa shape index (κ3) is 2.33. The smallest absolute Gasteiger partial charge is 0.244 e. The van der Waals surface area contributed by atoms with Gasteiger partial charge in [-0.05, 0) is 32.3 Å². The van der Waals surface area contributed by atoms with E-state index in [9.17, 15) is 9.90 Å². The van der Waals surface area contributed by atoms with Crippen molar-refractivity contribution in [3.8, 4) is 0 Å². The minimum absolute atomic E-state index is 0.156. The first-order valence-electron chi connectivity index (χ1n) is 5.90. The molecule has 1 aliphatic rings. The summed E-state index contributed by atoms with van der Waals surface area (Å²) in [5.74, 6) is -0.156. The van der Waals surface area contributed by atoms with Crippen LogP contribution in [-0.4, -0.2) is 16.6 Å². The Morgan fingerprint density at radius 1 is 1.47 bits per heavy atom. The fraction of sp³-hybridized carbons (Fsp3) is 0.462. The Labute approximate surface area is 101 Å². The fourth-order valence-corrected chi connectivity index (χ4v) is 2.01. The quantitative estimate of drug-likeness (QED) is 0.743. The number of carbonyl (C=O) groups is 1. The van der Waals surface area contributed by atoms with E-state index in [0.29, 0.717) is 11.3 Å². The maximum Gasteiger partial charge on any atom is 0.244 e. The maximum atomic E-state index is 12.0. The van der Waals surface area contributed by atoms with Crippen molar-refractivity contribution < 1.29 is 9.90 Å². The summed E-state index contributed by atoms with van der Waals surface area (Å²) in [6.07, 6.45) is 1.86. The monoisotopic (exact) mass is 234 g/mol. The van der Waals surface area contributed by atoms with Gasteiger partial charge in [0.05, 0.1) is 11.6 Å². The predicted molar refractivity (Wildman–Crippen MR) is 66.5 cm³/mol. The van der Waals surface area contributed by atoms with Crippen molar-refractivity contribution in [2.75, 3.05) is 5.32 Å². The average Bonchev–Trinajstić information content (AvgIpc) is 2.26. The molecule has 2 rings (SSSR count). The molecule has 4 N–H and O–H groups in total. The van der Waals surface area contributed by atoms with Crippen molar-refractivity contribution in [3.63, 3.8) is 0 Å². The summed E-state index contributed by atoms with van der Waals surface area (Å²) in [6.45, 7) is 1.67. The Hall–Kier alpha value is -1.39. The zero-order valence-electron chi connectivity index (χ0n) is 9.94. The van der Waals surface area contributed by atoms with Crippen LogP contribution in [0.1, 0.15) is 37.9 Å². The normalized spacial score (nSPS) is 19.2. The number of carbonyl (C=O) groups excluding carboxylic acids is 1. The highest BCUT2D eigenvalue weighted by Crippen LogP contribution is 2.31. The van der Waals surface area contributed by atoms with Crippen LogP contribution >= 0.6 is 0 Å². The maximum absolute atomic E-state index is 12.0. The second-order valence-electron chi connectivity index (χ2n) is 4.73. The van der Waals surface area contributed by atoms with Gasteiger partial charge in [-0.2, -0.15) is 0 Å². The van der Waals surface area contributed by atoms with Gasteiger partial charge >= 0.3 is 0 Å². The van der Waals surface area contributed by atoms with Crippen LogP contribution in [0.5, 0.6) is 0 Å². The Kier molecular flexibility index (Phi) is 3.17. The molecule has 1 fully saturated rings. The molecule has 1 saturated carbocycles. The van der Waals surface area contributed by atoms with Gasteiger partial charge in [0.1, 0.15) is 0 Å². The number of benzene rings is 1. The number of aliphatic hydroxyl groups is 1. The number of hydrogen-bond acceptors (Lipinski definition) is 3. The van der Waals surface area contributed by atoms with Crippen LogP contribution in [0.15, 0.2) is 24.3 Å². The van der Waals surface area contributed by atoms with E-state index in [2.05, 4.69) is 5.32 Å². The number of amides is 1. The summed E-state index contributed by atoms with van der Waals surface area (Å²) in [6, 6.07) is 7.23. The Bertz CT molecular complexity index is 425. The van der Waals surface area contributed by atoms with Crippen LogP contribution in [0, 0.1) is 0 Å². The van der Waals surface area contributed by atoms with Crippen molar-refractivity contribution in [2.24, 2.45) is 5.73 Å². The summed E-state index contributed by atoms with van der Waals surface area (Å²) in [5, 5.41) is 12.4. The van der Waals surface area contributed by atoms with Crippen LogP contribution in [0.3, 0.4) is 0 Å². The topological polar surface area (TPSA) is 75.3 Å². The minimum atomic E-state index is -0.716. The summed E-state index contributed by atoms with van der Waals surface area (Å²) in [4.78, 5) is 12.0. The van der Waals surface area contributed by atoms with Crippen LogP contribution in [0.25, 0.3) is 0 Å². The zero-order chi connectivity index (χ0) is 12.5. The molecule has 0 heterocycles. The molecule has 1 unspecified atom stereocenters. The van der Waals surface area contributed by atoms with E-state index < -0.39 is 11.6 Å². The van der Waals surface area contributed by atoms with Gasteiger partial charge in [-0.3, -0.25) is 4.79 Å². The minimum Gasteiger partial charge on any atom is -0.389 e. The molecule has 1 aromatic carbocycles. The first-order chi connectivity index (χ1) is 8.03. The van der Waals surface area contributed by atoms with Crippen molar-refractivity contribution in [1.82, 2.24) is 0 Å². The van der Waals surface area contributed by atoms with Gasteiger partial charge in [-0.25, -0.2) is 0 Å². The molecule has 0 aromatic heterocycles. The highest BCUT2D eigenvalue weighted by atomic mass is 16.3. The molecule has 0 spiro atoms. The summed E-state index contributed by atoms with van der Waals surface area (Å²) < 4.78 is 0. The molecule has 1 atom stereocenters. The van der Waals surface area contributed by atoms with Gasteiger partial charge in [0.2, 0.25) is 5.91 Å². The number of hydrogen-bond donors (Lipinski definition) is 3. The molecule has 0 bridgehead atoms. The third-order valence-electron chi connectivity index (χ3n) is 3.36. The van der Waals surface area contributed by atoms with Gasteiger partial charge in [0, 0.05) is 11.3 Å². The lowest BCUT2D eigenvalue weighted by atomic mass is 9.77. The number of aliphatic hydroxyl groups excluding tert-OH is 1.